The summed E-state index contributed by atoms with van der Waals surface area (Å²) in [6, 6.07) is 7.82. The van der Waals surface area contributed by atoms with Crippen LogP contribution in [0.2, 0.25) is 5.02 Å². The van der Waals surface area contributed by atoms with E-state index < -0.39 is 0 Å². The lowest BCUT2D eigenvalue weighted by Crippen LogP contribution is -2.20. The molecule has 0 aliphatic rings. The molecule has 0 aliphatic heterocycles. The average molecular weight is 270 g/mol. The Morgan fingerprint density at radius 2 is 2.11 bits per heavy atom. The van der Waals surface area contributed by atoms with Gasteiger partial charge in [0, 0.05) is 11.6 Å². The van der Waals surface area contributed by atoms with Crippen molar-refractivity contribution in [3.8, 4) is 0 Å². The molecule has 0 fully saturated rings. The topological polar surface area (TPSA) is 21.3 Å². The summed E-state index contributed by atoms with van der Waals surface area (Å²) in [5.74, 6) is 0.726. The molecule has 0 aliphatic carbocycles. The second kappa shape index (κ2) is 9.37. The Kier molecular flexibility index (Phi) is 8.06. The van der Waals surface area contributed by atoms with Gasteiger partial charge < -0.3 is 10.1 Å². The quantitative estimate of drug-likeness (QED) is 0.687. The van der Waals surface area contributed by atoms with Gasteiger partial charge in [-0.3, -0.25) is 0 Å². The highest BCUT2D eigenvalue weighted by molar-refractivity contribution is 6.30. The Bertz CT molecular complexity index is 328. The van der Waals surface area contributed by atoms with Gasteiger partial charge in [0.05, 0.1) is 6.61 Å². The molecule has 1 rings (SSSR count). The summed E-state index contributed by atoms with van der Waals surface area (Å²) < 4.78 is 5.62. The first-order valence-corrected chi connectivity index (χ1v) is 7.09. The minimum absolute atomic E-state index is 0.653. The van der Waals surface area contributed by atoms with Gasteiger partial charge in [-0.05, 0) is 49.5 Å². The first-order valence-electron chi connectivity index (χ1n) is 6.71. The minimum Gasteiger partial charge on any atom is -0.377 e. The number of unbranched alkanes of at least 4 members (excludes halogenated alkanes) is 1. The van der Waals surface area contributed by atoms with Crippen molar-refractivity contribution in [3.05, 3.63) is 34.9 Å². The molecular formula is C15H24ClNO. The first kappa shape index (κ1) is 15.5. The van der Waals surface area contributed by atoms with Crippen LogP contribution >= 0.6 is 11.6 Å². The third-order valence-electron chi connectivity index (χ3n) is 2.60. The summed E-state index contributed by atoms with van der Waals surface area (Å²) in [6.45, 7) is 8.10. The molecule has 0 bridgehead atoms. The monoisotopic (exact) mass is 269 g/mol. The van der Waals surface area contributed by atoms with E-state index in [0.29, 0.717) is 6.61 Å². The van der Waals surface area contributed by atoms with E-state index in [0.717, 1.165) is 42.6 Å². The number of benzene rings is 1. The lowest BCUT2D eigenvalue weighted by atomic mass is 10.2. The number of nitrogens with one attached hydrogen (secondary N) is 1. The molecule has 0 aromatic heterocycles. The van der Waals surface area contributed by atoms with Gasteiger partial charge in [0.25, 0.3) is 0 Å². The summed E-state index contributed by atoms with van der Waals surface area (Å²) in [5.41, 5.74) is 1.14. The van der Waals surface area contributed by atoms with E-state index in [1.807, 2.05) is 24.3 Å². The van der Waals surface area contributed by atoms with E-state index in [2.05, 4.69) is 19.2 Å². The van der Waals surface area contributed by atoms with E-state index in [9.17, 15) is 0 Å². The van der Waals surface area contributed by atoms with Crippen molar-refractivity contribution in [2.24, 2.45) is 5.92 Å². The van der Waals surface area contributed by atoms with Gasteiger partial charge >= 0.3 is 0 Å². The summed E-state index contributed by atoms with van der Waals surface area (Å²) in [5, 5.41) is 4.20. The van der Waals surface area contributed by atoms with Crippen LogP contribution in [0.3, 0.4) is 0 Å². The third-order valence-corrected chi connectivity index (χ3v) is 2.84. The summed E-state index contributed by atoms with van der Waals surface area (Å²) in [7, 11) is 0. The lowest BCUT2D eigenvalue weighted by molar-refractivity contribution is 0.117. The molecule has 18 heavy (non-hydrogen) atoms. The second-order valence-corrected chi connectivity index (χ2v) is 5.42. The molecule has 0 spiro atoms. The van der Waals surface area contributed by atoms with E-state index >= 15 is 0 Å². The molecule has 1 aromatic carbocycles. The van der Waals surface area contributed by atoms with E-state index in [1.165, 1.54) is 6.42 Å². The van der Waals surface area contributed by atoms with Crippen LogP contribution in [-0.4, -0.2) is 19.7 Å². The zero-order valence-corrected chi connectivity index (χ0v) is 12.2. The fraction of sp³-hybridized carbons (Fsp3) is 0.600. The standard InChI is InChI=1S/C15H24ClNO/c1-13(2)11-17-8-3-4-9-18-12-14-6-5-7-15(16)10-14/h5-7,10,13,17H,3-4,8-9,11-12H2,1-2H3. The van der Waals surface area contributed by atoms with Gasteiger partial charge in [-0.15, -0.1) is 0 Å². The van der Waals surface area contributed by atoms with Crippen LogP contribution in [0.4, 0.5) is 0 Å². The Labute approximate surface area is 116 Å². The van der Waals surface area contributed by atoms with Crippen LogP contribution in [0.25, 0.3) is 0 Å². The minimum atomic E-state index is 0.653. The fourth-order valence-electron chi connectivity index (χ4n) is 1.66. The molecule has 2 nitrogen and oxygen atoms in total. The highest BCUT2D eigenvalue weighted by Crippen LogP contribution is 2.11. The number of rotatable bonds is 9. The van der Waals surface area contributed by atoms with Crippen molar-refractivity contribution in [3.63, 3.8) is 0 Å². The van der Waals surface area contributed by atoms with Crippen LogP contribution < -0.4 is 5.32 Å². The molecule has 0 saturated carbocycles. The number of hydrogen-bond donors (Lipinski definition) is 1. The molecule has 1 N–H and O–H groups in total. The lowest BCUT2D eigenvalue weighted by Gasteiger charge is -2.07. The highest BCUT2D eigenvalue weighted by Gasteiger charge is 1.96. The van der Waals surface area contributed by atoms with E-state index in [4.69, 9.17) is 16.3 Å². The molecule has 0 unspecified atom stereocenters. The third kappa shape index (κ3) is 7.70. The summed E-state index contributed by atoms with van der Waals surface area (Å²) in [6.07, 6.45) is 2.27. The van der Waals surface area contributed by atoms with Crippen LogP contribution in [-0.2, 0) is 11.3 Å². The molecule has 0 saturated heterocycles. The number of hydrogen-bond acceptors (Lipinski definition) is 2. The largest absolute Gasteiger partial charge is 0.377 e. The molecule has 0 radical (unpaired) electrons. The van der Waals surface area contributed by atoms with Gasteiger partial charge in [-0.2, -0.15) is 0 Å². The smallest absolute Gasteiger partial charge is 0.0717 e. The van der Waals surface area contributed by atoms with Crippen molar-refractivity contribution in [2.45, 2.75) is 33.3 Å². The number of ether oxygens (including phenoxy) is 1. The predicted octanol–water partition coefficient (Wildman–Crippen LogP) is 3.88. The molecule has 0 amide bonds. The zero-order valence-electron chi connectivity index (χ0n) is 11.4. The maximum atomic E-state index is 5.90. The molecule has 1 aromatic rings. The Balaban J connectivity index is 1.96. The van der Waals surface area contributed by atoms with Crippen molar-refractivity contribution >= 4 is 11.6 Å². The summed E-state index contributed by atoms with van der Waals surface area (Å²) >= 11 is 5.90. The number of halogens is 1. The molecule has 0 heterocycles. The van der Waals surface area contributed by atoms with Gasteiger partial charge in [0.15, 0.2) is 0 Å². The van der Waals surface area contributed by atoms with Crippen LogP contribution in [0.5, 0.6) is 0 Å². The van der Waals surface area contributed by atoms with Crippen LogP contribution in [0, 0.1) is 5.92 Å². The Hall–Kier alpha value is -0.570. The molecule has 102 valence electrons. The Morgan fingerprint density at radius 3 is 2.83 bits per heavy atom. The van der Waals surface area contributed by atoms with Crippen molar-refractivity contribution in [1.82, 2.24) is 5.32 Å². The van der Waals surface area contributed by atoms with E-state index in [-0.39, 0.29) is 0 Å². The van der Waals surface area contributed by atoms with Crippen LogP contribution in [0.1, 0.15) is 32.3 Å². The SMILES string of the molecule is CC(C)CNCCCCOCc1cccc(Cl)c1. The van der Waals surface area contributed by atoms with Gasteiger partial charge in [0.1, 0.15) is 0 Å². The van der Waals surface area contributed by atoms with Crippen LogP contribution in [0.15, 0.2) is 24.3 Å². The predicted molar refractivity (Wildman–Crippen MR) is 78.0 cm³/mol. The highest BCUT2D eigenvalue weighted by atomic mass is 35.5. The van der Waals surface area contributed by atoms with Crippen molar-refractivity contribution in [2.75, 3.05) is 19.7 Å². The molecule has 3 heteroatoms. The van der Waals surface area contributed by atoms with Gasteiger partial charge in [-0.25, -0.2) is 0 Å². The second-order valence-electron chi connectivity index (χ2n) is 4.99. The maximum Gasteiger partial charge on any atom is 0.0717 e. The average Bonchev–Trinajstić information content (AvgIpc) is 2.32. The van der Waals surface area contributed by atoms with Gasteiger partial charge in [0.2, 0.25) is 0 Å². The Morgan fingerprint density at radius 1 is 1.28 bits per heavy atom. The van der Waals surface area contributed by atoms with E-state index in [1.54, 1.807) is 0 Å². The van der Waals surface area contributed by atoms with Crippen molar-refractivity contribution in [1.29, 1.82) is 0 Å². The normalized spacial score (nSPS) is 11.1. The summed E-state index contributed by atoms with van der Waals surface area (Å²) in [4.78, 5) is 0. The zero-order chi connectivity index (χ0) is 13.2. The first-order chi connectivity index (χ1) is 8.68. The van der Waals surface area contributed by atoms with Crippen molar-refractivity contribution < 1.29 is 4.74 Å². The van der Waals surface area contributed by atoms with Gasteiger partial charge in [-0.1, -0.05) is 37.6 Å². The fourth-order valence-corrected chi connectivity index (χ4v) is 1.87. The molecule has 0 atom stereocenters. The molecular weight excluding hydrogens is 246 g/mol. The maximum absolute atomic E-state index is 5.90.